The van der Waals surface area contributed by atoms with E-state index in [0.717, 1.165) is 22.4 Å². The Labute approximate surface area is 112 Å². The highest BCUT2D eigenvalue weighted by atomic mass is 16.5. The summed E-state index contributed by atoms with van der Waals surface area (Å²) < 4.78 is 5.28. The first-order valence-electron chi connectivity index (χ1n) is 5.91. The zero-order valence-electron chi connectivity index (χ0n) is 10.9. The highest BCUT2D eigenvalue weighted by Gasteiger charge is 2.03. The lowest BCUT2D eigenvalue weighted by Crippen LogP contribution is -1.88. The van der Waals surface area contributed by atoms with Crippen LogP contribution in [0.2, 0.25) is 0 Å². The Morgan fingerprint density at radius 3 is 2.84 bits per heavy atom. The van der Waals surface area contributed by atoms with Crippen LogP contribution in [0.15, 0.2) is 42.7 Å². The van der Waals surface area contributed by atoms with Crippen molar-refractivity contribution < 1.29 is 4.74 Å². The van der Waals surface area contributed by atoms with E-state index in [4.69, 9.17) is 4.74 Å². The second-order valence-corrected chi connectivity index (χ2v) is 4.14. The summed E-state index contributed by atoms with van der Waals surface area (Å²) in [6, 6.07) is 11.7. The first-order chi connectivity index (χ1) is 9.24. The molecule has 1 aromatic carbocycles. The molecule has 0 aliphatic heterocycles. The Hall–Kier alpha value is -2.60. The number of rotatable bonds is 3. The van der Waals surface area contributed by atoms with Crippen LogP contribution in [0.1, 0.15) is 16.7 Å². The molecule has 0 aliphatic carbocycles. The molecule has 0 N–H and O–H groups in total. The van der Waals surface area contributed by atoms with Crippen LogP contribution >= 0.6 is 0 Å². The van der Waals surface area contributed by atoms with E-state index in [9.17, 15) is 5.26 Å². The van der Waals surface area contributed by atoms with Crippen molar-refractivity contribution in [3.8, 4) is 11.8 Å². The summed E-state index contributed by atoms with van der Waals surface area (Å²) in [4.78, 5) is 4.03. The summed E-state index contributed by atoms with van der Waals surface area (Å²) in [5.41, 5.74) is 3.39. The normalized spacial score (nSPS) is 10.9. The molecule has 0 bridgehead atoms. The molecule has 19 heavy (non-hydrogen) atoms. The van der Waals surface area contributed by atoms with Gasteiger partial charge < -0.3 is 4.74 Å². The molecule has 0 saturated heterocycles. The van der Waals surface area contributed by atoms with Gasteiger partial charge in [0.15, 0.2) is 0 Å². The molecule has 0 radical (unpaired) electrons. The molecule has 0 fully saturated rings. The van der Waals surface area contributed by atoms with Crippen LogP contribution < -0.4 is 4.74 Å². The van der Waals surface area contributed by atoms with Gasteiger partial charge in [0, 0.05) is 18.0 Å². The van der Waals surface area contributed by atoms with Crippen LogP contribution in [0, 0.1) is 18.3 Å². The molecule has 0 saturated carbocycles. The number of aryl methyl sites for hydroxylation is 1. The number of nitrogens with zero attached hydrogens (tertiary/aromatic N) is 2. The number of benzene rings is 1. The summed E-state index contributed by atoms with van der Waals surface area (Å²) in [7, 11) is 1.64. The maximum atomic E-state index is 9.24. The lowest BCUT2D eigenvalue weighted by Gasteiger charge is -2.05. The fourth-order valence-electron chi connectivity index (χ4n) is 1.80. The first kappa shape index (κ1) is 12.8. The number of aromatic nitrogens is 1. The molecule has 3 nitrogen and oxygen atoms in total. The van der Waals surface area contributed by atoms with Gasteiger partial charge in [-0.25, -0.2) is 0 Å². The smallest absolute Gasteiger partial charge is 0.122 e. The van der Waals surface area contributed by atoms with Crippen molar-refractivity contribution in [2.45, 2.75) is 6.92 Å². The minimum Gasteiger partial charge on any atom is -0.496 e. The Balaban J connectivity index is 2.42. The van der Waals surface area contributed by atoms with Gasteiger partial charge in [-0.15, -0.1) is 0 Å². The van der Waals surface area contributed by atoms with E-state index in [2.05, 4.69) is 11.1 Å². The third-order valence-corrected chi connectivity index (χ3v) is 2.84. The topological polar surface area (TPSA) is 45.9 Å². The Kier molecular flexibility index (Phi) is 3.94. The minimum atomic E-state index is 0.582. The monoisotopic (exact) mass is 250 g/mol. The summed E-state index contributed by atoms with van der Waals surface area (Å²) in [6.07, 6.45) is 5.20. The first-order valence-corrected chi connectivity index (χ1v) is 5.91. The van der Waals surface area contributed by atoms with Crippen LogP contribution in [0.5, 0.6) is 5.75 Å². The van der Waals surface area contributed by atoms with Crippen LogP contribution in [0.3, 0.4) is 0 Å². The molecule has 0 spiro atoms. The predicted octanol–water partition coefficient (Wildman–Crippen LogP) is 3.46. The number of ether oxygens (including phenoxy) is 1. The average molecular weight is 250 g/mol. The van der Waals surface area contributed by atoms with Crippen LogP contribution in [0.25, 0.3) is 11.6 Å². The highest BCUT2D eigenvalue weighted by Crippen LogP contribution is 2.22. The third kappa shape index (κ3) is 2.99. The molecule has 1 heterocycles. The molecule has 2 rings (SSSR count). The number of pyridine rings is 1. The summed E-state index contributed by atoms with van der Waals surface area (Å²) >= 11 is 0. The number of hydrogen-bond acceptors (Lipinski definition) is 3. The highest BCUT2D eigenvalue weighted by molar-refractivity contribution is 5.89. The van der Waals surface area contributed by atoms with Crippen molar-refractivity contribution >= 4 is 11.6 Å². The van der Waals surface area contributed by atoms with E-state index in [1.54, 1.807) is 19.5 Å². The van der Waals surface area contributed by atoms with Crippen molar-refractivity contribution in [3.05, 3.63) is 59.4 Å². The Morgan fingerprint density at radius 2 is 2.21 bits per heavy atom. The fraction of sp³-hybridized carbons (Fsp3) is 0.125. The van der Waals surface area contributed by atoms with Gasteiger partial charge in [-0.2, -0.15) is 5.26 Å². The van der Waals surface area contributed by atoms with E-state index in [0.29, 0.717) is 5.57 Å². The zero-order chi connectivity index (χ0) is 13.7. The summed E-state index contributed by atoms with van der Waals surface area (Å²) in [6.45, 7) is 1.98. The lowest BCUT2D eigenvalue weighted by atomic mass is 10.0. The van der Waals surface area contributed by atoms with E-state index < -0.39 is 0 Å². The van der Waals surface area contributed by atoms with Gasteiger partial charge in [0.2, 0.25) is 0 Å². The maximum Gasteiger partial charge on any atom is 0.122 e. The molecule has 0 amide bonds. The number of allylic oxidation sites excluding steroid dienone is 1. The fourth-order valence-corrected chi connectivity index (χ4v) is 1.80. The number of hydrogen-bond donors (Lipinski definition) is 0. The van der Waals surface area contributed by atoms with Gasteiger partial charge in [-0.1, -0.05) is 18.2 Å². The Bertz CT molecular complexity index is 640. The summed E-state index contributed by atoms with van der Waals surface area (Å²) in [5.74, 6) is 0.817. The SMILES string of the molecule is COc1cc(/C=C(\C#N)c2cccnc2)ccc1C. The predicted molar refractivity (Wildman–Crippen MR) is 75.5 cm³/mol. The van der Waals surface area contributed by atoms with Gasteiger partial charge in [-0.05, 0) is 36.3 Å². The van der Waals surface area contributed by atoms with Gasteiger partial charge in [0.05, 0.1) is 18.8 Å². The van der Waals surface area contributed by atoms with Crippen LogP contribution in [-0.4, -0.2) is 12.1 Å². The van der Waals surface area contributed by atoms with Crippen LogP contribution in [-0.2, 0) is 0 Å². The van der Waals surface area contributed by atoms with E-state index in [1.165, 1.54) is 0 Å². The second kappa shape index (κ2) is 5.83. The molecule has 3 heteroatoms. The van der Waals surface area contributed by atoms with Gasteiger partial charge in [0.1, 0.15) is 5.75 Å². The zero-order valence-corrected chi connectivity index (χ0v) is 10.9. The molecular weight excluding hydrogens is 236 g/mol. The molecule has 0 atom stereocenters. The third-order valence-electron chi connectivity index (χ3n) is 2.84. The second-order valence-electron chi connectivity index (χ2n) is 4.14. The van der Waals surface area contributed by atoms with Crippen molar-refractivity contribution in [2.75, 3.05) is 7.11 Å². The quantitative estimate of drug-likeness (QED) is 0.784. The van der Waals surface area contributed by atoms with Crippen molar-refractivity contribution in [3.63, 3.8) is 0 Å². The molecule has 2 aromatic rings. The molecule has 94 valence electrons. The summed E-state index contributed by atoms with van der Waals surface area (Å²) in [5, 5.41) is 9.24. The van der Waals surface area contributed by atoms with Gasteiger partial charge in [0.25, 0.3) is 0 Å². The molecule has 0 unspecified atom stereocenters. The lowest BCUT2D eigenvalue weighted by molar-refractivity contribution is 0.411. The van der Waals surface area contributed by atoms with Crippen molar-refractivity contribution in [1.82, 2.24) is 4.98 Å². The van der Waals surface area contributed by atoms with Crippen LogP contribution in [0.4, 0.5) is 0 Å². The van der Waals surface area contributed by atoms with E-state index in [1.807, 2.05) is 43.3 Å². The van der Waals surface area contributed by atoms with Gasteiger partial charge in [-0.3, -0.25) is 4.98 Å². The number of methoxy groups -OCH3 is 1. The largest absolute Gasteiger partial charge is 0.496 e. The maximum absolute atomic E-state index is 9.24. The van der Waals surface area contributed by atoms with Crippen molar-refractivity contribution in [1.29, 1.82) is 5.26 Å². The van der Waals surface area contributed by atoms with Crippen molar-refractivity contribution in [2.24, 2.45) is 0 Å². The van der Waals surface area contributed by atoms with E-state index in [-0.39, 0.29) is 0 Å². The molecule has 1 aromatic heterocycles. The van der Waals surface area contributed by atoms with E-state index >= 15 is 0 Å². The standard InChI is InChI=1S/C16H14N2O/c1-12-5-6-13(9-16(12)19-2)8-15(10-17)14-4-3-7-18-11-14/h3-9,11H,1-2H3/b15-8+. The number of nitriles is 1. The minimum absolute atomic E-state index is 0.582. The average Bonchev–Trinajstić information content (AvgIpc) is 2.47. The van der Waals surface area contributed by atoms with Gasteiger partial charge >= 0.3 is 0 Å². The molecular formula is C16H14N2O. The molecule has 0 aliphatic rings. The Morgan fingerprint density at radius 1 is 1.37 bits per heavy atom.